The van der Waals surface area contributed by atoms with Gasteiger partial charge in [0.05, 0.1) is 6.61 Å². The van der Waals surface area contributed by atoms with E-state index in [0.717, 1.165) is 22.8 Å². The predicted octanol–water partition coefficient (Wildman–Crippen LogP) is 2.52. The number of rotatable bonds is 5. The molecule has 0 unspecified atom stereocenters. The summed E-state index contributed by atoms with van der Waals surface area (Å²) in [7, 11) is 0. The van der Waals surface area contributed by atoms with Gasteiger partial charge in [-0.15, -0.1) is 0 Å². The monoisotopic (exact) mass is 287 g/mol. The molecule has 0 amide bonds. The Morgan fingerprint density at radius 2 is 2.05 bits per heavy atom. The van der Waals surface area contributed by atoms with Gasteiger partial charge in [-0.05, 0) is 31.5 Å². The van der Waals surface area contributed by atoms with Gasteiger partial charge in [-0.3, -0.25) is 0 Å². The predicted molar refractivity (Wildman–Crippen MR) is 77.8 cm³/mol. The van der Waals surface area contributed by atoms with Crippen LogP contribution in [0.1, 0.15) is 18.2 Å². The minimum atomic E-state index is 0.283. The van der Waals surface area contributed by atoms with Gasteiger partial charge in [0, 0.05) is 18.3 Å². The van der Waals surface area contributed by atoms with E-state index in [2.05, 4.69) is 15.3 Å². The van der Waals surface area contributed by atoms with E-state index in [4.69, 9.17) is 14.2 Å². The first-order valence-corrected chi connectivity index (χ1v) is 6.85. The lowest BCUT2D eigenvalue weighted by atomic mass is 10.2. The van der Waals surface area contributed by atoms with Crippen LogP contribution < -0.4 is 19.5 Å². The van der Waals surface area contributed by atoms with Crippen molar-refractivity contribution in [1.29, 1.82) is 0 Å². The molecule has 6 nitrogen and oxygen atoms in total. The summed E-state index contributed by atoms with van der Waals surface area (Å²) in [6, 6.07) is 7.66. The van der Waals surface area contributed by atoms with Gasteiger partial charge in [0.1, 0.15) is 0 Å². The Balaban J connectivity index is 1.69. The fraction of sp³-hybridized carbons (Fsp3) is 0.333. The second-order valence-electron chi connectivity index (χ2n) is 4.65. The van der Waals surface area contributed by atoms with Crippen molar-refractivity contribution < 1.29 is 14.2 Å². The number of hydrogen-bond donors (Lipinski definition) is 1. The van der Waals surface area contributed by atoms with E-state index in [9.17, 15) is 0 Å². The molecule has 1 aliphatic rings. The zero-order valence-electron chi connectivity index (χ0n) is 12.0. The van der Waals surface area contributed by atoms with Crippen LogP contribution in [-0.4, -0.2) is 23.4 Å². The highest BCUT2D eigenvalue weighted by Crippen LogP contribution is 2.32. The SMILES string of the molecule is CCOc1cc(C)nc(NCc2ccc3c(c2)OCO3)n1. The maximum atomic E-state index is 5.41. The average Bonchev–Trinajstić information content (AvgIpc) is 2.92. The van der Waals surface area contributed by atoms with Crippen LogP contribution in [0.3, 0.4) is 0 Å². The summed E-state index contributed by atoms with van der Waals surface area (Å²) in [5.41, 5.74) is 1.93. The Morgan fingerprint density at radius 1 is 1.19 bits per heavy atom. The number of fused-ring (bicyclic) bond motifs is 1. The molecule has 2 heterocycles. The highest BCUT2D eigenvalue weighted by atomic mass is 16.7. The van der Waals surface area contributed by atoms with E-state index in [1.54, 1.807) is 0 Å². The number of hydrogen-bond acceptors (Lipinski definition) is 6. The van der Waals surface area contributed by atoms with E-state index >= 15 is 0 Å². The topological polar surface area (TPSA) is 65.5 Å². The van der Waals surface area contributed by atoms with Gasteiger partial charge in [0.15, 0.2) is 11.5 Å². The van der Waals surface area contributed by atoms with Crippen molar-refractivity contribution in [2.75, 3.05) is 18.7 Å². The number of ether oxygens (including phenoxy) is 3. The standard InChI is InChI=1S/C15H17N3O3/c1-3-19-14-6-10(2)17-15(18-14)16-8-11-4-5-12-13(7-11)21-9-20-12/h4-7H,3,8-9H2,1-2H3,(H,16,17,18). The maximum absolute atomic E-state index is 5.41. The molecule has 1 aromatic heterocycles. The van der Waals surface area contributed by atoms with Crippen LogP contribution >= 0.6 is 0 Å². The van der Waals surface area contributed by atoms with Crippen molar-refractivity contribution in [3.8, 4) is 17.4 Å². The van der Waals surface area contributed by atoms with E-state index < -0.39 is 0 Å². The van der Waals surface area contributed by atoms with Gasteiger partial charge in [-0.2, -0.15) is 4.98 Å². The van der Waals surface area contributed by atoms with Gasteiger partial charge in [-0.1, -0.05) is 6.07 Å². The van der Waals surface area contributed by atoms with Gasteiger partial charge >= 0.3 is 0 Å². The molecule has 0 atom stereocenters. The smallest absolute Gasteiger partial charge is 0.231 e. The molecule has 0 spiro atoms. The van der Waals surface area contributed by atoms with Gasteiger partial charge < -0.3 is 19.5 Å². The first-order valence-electron chi connectivity index (χ1n) is 6.85. The van der Waals surface area contributed by atoms with Crippen LogP contribution in [0.15, 0.2) is 24.3 Å². The molecule has 0 bridgehead atoms. The average molecular weight is 287 g/mol. The Hall–Kier alpha value is -2.50. The third-order valence-electron chi connectivity index (χ3n) is 3.01. The summed E-state index contributed by atoms with van der Waals surface area (Å²) < 4.78 is 16.1. The van der Waals surface area contributed by atoms with E-state index in [1.165, 1.54) is 0 Å². The van der Waals surface area contributed by atoms with Crippen molar-refractivity contribution in [1.82, 2.24) is 9.97 Å². The lowest BCUT2D eigenvalue weighted by Crippen LogP contribution is -2.06. The number of anilines is 1. The molecule has 1 aromatic carbocycles. The van der Waals surface area contributed by atoms with Crippen molar-refractivity contribution in [3.63, 3.8) is 0 Å². The number of aromatic nitrogens is 2. The Kier molecular flexibility index (Phi) is 3.77. The number of aryl methyl sites for hydroxylation is 1. The molecule has 1 N–H and O–H groups in total. The number of nitrogens with zero attached hydrogens (tertiary/aromatic N) is 2. The van der Waals surface area contributed by atoms with Crippen LogP contribution in [0, 0.1) is 6.92 Å². The Morgan fingerprint density at radius 3 is 2.90 bits per heavy atom. The summed E-state index contributed by atoms with van der Waals surface area (Å²) in [5.74, 6) is 2.69. The fourth-order valence-corrected chi connectivity index (χ4v) is 2.07. The zero-order valence-corrected chi connectivity index (χ0v) is 12.0. The highest BCUT2D eigenvalue weighted by Gasteiger charge is 2.13. The van der Waals surface area contributed by atoms with E-state index in [0.29, 0.717) is 25.0 Å². The van der Waals surface area contributed by atoms with E-state index in [-0.39, 0.29) is 6.79 Å². The summed E-state index contributed by atoms with van der Waals surface area (Å²) in [5, 5.41) is 3.19. The maximum Gasteiger partial charge on any atom is 0.231 e. The van der Waals surface area contributed by atoms with Crippen molar-refractivity contribution >= 4 is 5.95 Å². The van der Waals surface area contributed by atoms with Crippen molar-refractivity contribution in [3.05, 3.63) is 35.5 Å². The summed E-state index contributed by atoms with van der Waals surface area (Å²) in [6.45, 7) is 5.31. The molecule has 2 aromatic rings. The molecule has 21 heavy (non-hydrogen) atoms. The summed E-state index contributed by atoms with van der Waals surface area (Å²) in [4.78, 5) is 8.66. The number of benzene rings is 1. The molecule has 0 aliphatic carbocycles. The third-order valence-corrected chi connectivity index (χ3v) is 3.01. The second-order valence-corrected chi connectivity index (χ2v) is 4.65. The Bertz CT molecular complexity index is 646. The van der Waals surface area contributed by atoms with E-state index in [1.807, 2.05) is 38.1 Å². The first kappa shape index (κ1) is 13.5. The summed E-state index contributed by atoms with van der Waals surface area (Å²) >= 11 is 0. The van der Waals surface area contributed by atoms with Crippen LogP contribution in [0.4, 0.5) is 5.95 Å². The van der Waals surface area contributed by atoms with Gasteiger partial charge in [-0.25, -0.2) is 4.98 Å². The number of nitrogens with one attached hydrogen (secondary N) is 1. The quantitative estimate of drug-likeness (QED) is 0.911. The largest absolute Gasteiger partial charge is 0.478 e. The molecular formula is C15H17N3O3. The zero-order chi connectivity index (χ0) is 14.7. The van der Waals surface area contributed by atoms with Crippen LogP contribution in [0.2, 0.25) is 0 Å². The first-order chi connectivity index (χ1) is 10.2. The van der Waals surface area contributed by atoms with Crippen molar-refractivity contribution in [2.24, 2.45) is 0 Å². The van der Waals surface area contributed by atoms with Gasteiger partial charge in [0.2, 0.25) is 18.6 Å². The summed E-state index contributed by atoms with van der Waals surface area (Å²) in [6.07, 6.45) is 0. The third kappa shape index (κ3) is 3.16. The van der Waals surface area contributed by atoms with Crippen molar-refractivity contribution in [2.45, 2.75) is 20.4 Å². The minimum absolute atomic E-state index is 0.283. The molecular weight excluding hydrogens is 270 g/mol. The molecule has 0 saturated carbocycles. The lowest BCUT2D eigenvalue weighted by Gasteiger charge is -2.09. The molecule has 6 heteroatoms. The molecule has 110 valence electrons. The molecule has 1 aliphatic heterocycles. The highest BCUT2D eigenvalue weighted by molar-refractivity contribution is 5.45. The molecule has 0 radical (unpaired) electrons. The molecule has 0 saturated heterocycles. The fourth-order valence-electron chi connectivity index (χ4n) is 2.07. The van der Waals surface area contributed by atoms with Crippen LogP contribution in [0.25, 0.3) is 0 Å². The normalized spacial score (nSPS) is 12.3. The minimum Gasteiger partial charge on any atom is -0.478 e. The van der Waals surface area contributed by atoms with Gasteiger partial charge in [0.25, 0.3) is 0 Å². The Labute approximate surface area is 123 Å². The molecule has 0 fully saturated rings. The second kappa shape index (κ2) is 5.87. The van der Waals surface area contributed by atoms with Crippen LogP contribution in [-0.2, 0) is 6.54 Å². The lowest BCUT2D eigenvalue weighted by molar-refractivity contribution is 0.174. The molecule has 3 rings (SSSR count). The van der Waals surface area contributed by atoms with Crippen LogP contribution in [0.5, 0.6) is 17.4 Å².